The molecule has 0 saturated heterocycles. The lowest BCUT2D eigenvalue weighted by atomic mass is 10.1. The van der Waals surface area contributed by atoms with Crippen LogP contribution in [-0.2, 0) is 11.3 Å². The molecule has 0 spiro atoms. The summed E-state index contributed by atoms with van der Waals surface area (Å²) in [4.78, 5) is 17.4. The first-order valence-electron chi connectivity index (χ1n) is 8.33. The van der Waals surface area contributed by atoms with E-state index in [0.717, 1.165) is 45.2 Å². The van der Waals surface area contributed by atoms with Crippen LogP contribution < -0.4 is 15.5 Å². The number of amides is 1. The Morgan fingerprint density at radius 1 is 1.07 bits per heavy atom. The highest BCUT2D eigenvalue weighted by Gasteiger charge is 2.19. The molecule has 0 saturated carbocycles. The number of hydrogen-bond acceptors (Lipinski definition) is 6. The van der Waals surface area contributed by atoms with E-state index < -0.39 is 0 Å². The molecule has 0 radical (unpaired) electrons. The van der Waals surface area contributed by atoms with Gasteiger partial charge in [0.1, 0.15) is 23.7 Å². The van der Waals surface area contributed by atoms with Gasteiger partial charge in [-0.1, -0.05) is 12.1 Å². The van der Waals surface area contributed by atoms with Crippen molar-refractivity contribution in [1.29, 1.82) is 0 Å². The largest absolute Gasteiger partial charge is 0.283 e. The highest BCUT2D eigenvalue weighted by atomic mass is 16.1. The maximum absolute atomic E-state index is 11.9. The normalized spacial score (nSPS) is 13.4. The Kier molecular flexibility index (Phi) is 3.46. The van der Waals surface area contributed by atoms with Gasteiger partial charge in [0.15, 0.2) is 0 Å². The molecule has 8 heteroatoms. The first kappa shape index (κ1) is 15.3. The molecule has 3 aromatic rings. The predicted molar refractivity (Wildman–Crippen MR) is 98.3 cm³/mol. The summed E-state index contributed by atoms with van der Waals surface area (Å²) in [5, 5.41) is 17.6. The standard InChI is InChI=1S/C19H13N7O/c27-12-26(14-3-1-13(2-4-14)9-25-11-20-10-21-25)18-8-6-16-15(18)5-7-17-19(16)23-24-22-17/h1-8,10-12H,9H2. The number of hydrogen-bond donors (Lipinski definition) is 0. The quantitative estimate of drug-likeness (QED) is 0.653. The summed E-state index contributed by atoms with van der Waals surface area (Å²) >= 11 is 0. The second-order valence-corrected chi connectivity index (χ2v) is 6.14. The van der Waals surface area contributed by atoms with E-state index in [4.69, 9.17) is 0 Å². The van der Waals surface area contributed by atoms with Crippen molar-refractivity contribution in [3.63, 3.8) is 0 Å². The number of anilines is 1. The van der Waals surface area contributed by atoms with Crippen molar-refractivity contribution in [2.45, 2.75) is 6.54 Å². The van der Waals surface area contributed by atoms with E-state index in [9.17, 15) is 4.79 Å². The van der Waals surface area contributed by atoms with Crippen molar-refractivity contribution >= 4 is 29.6 Å². The van der Waals surface area contributed by atoms with Gasteiger partial charge in [0.2, 0.25) is 6.41 Å². The van der Waals surface area contributed by atoms with Gasteiger partial charge in [0.25, 0.3) is 0 Å². The Bertz CT molecular complexity index is 1210. The predicted octanol–water partition coefficient (Wildman–Crippen LogP) is 1.76. The summed E-state index contributed by atoms with van der Waals surface area (Å²) in [6.07, 6.45) is 7.85. The SMILES string of the molecule is O=CN(C1=c2ccc3c(c2C=C1)N=NN=3)c1ccc(Cn2cncn2)cc1. The molecule has 1 amide bonds. The van der Waals surface area contributed by atoms with E-state index in [1.807, 2.05) is 48.6 Å². The van der Waals surface area contributed by atoms with Crippen molar-refractivity contribution < 1.29 is 4.79 Å². The summed E-state index contributed by atoms with van der Waals surface area (Å²) in [7, 11) is 0. The van der Waals surface area contributed by atoms with Crippen molar-refractivity contribution in [3.05, 3.63) is 76.8 Å². The zero-order chi connectivity index (χ0) is 18.2. The van der Waals surface area contributed by atoms with Crippen molar-refractivity contribution in [1.82, 2.24) is 14.8 Å². The lowest BCUT2D eigenvalue weighted by Gasteiger charge is -2.18. The lowest BCUT2D eigenvalue weighted by molar-refractivity contribution is -0.106. The molecule has 0 fully saturated rings. The van der Waals surface area contributed by atoms with Gasteiger partial charge < -0.3 is 0 Å². The van der Waals surface area contributed by atoms with Crippen LogP contribution in [0, 0.1) is 0 Å². The minimum atomic E-state index is 0.626. The molecule has 2 aliphatic rings. The van der Waals surface area contributed by atoms with E-state index in [2.05, 4.69) is 25.5 Å². The summed E-state index contributed by atoms with van der Waals surface area (Å²) in [5.41, 5.74) is 4.33. The van der Waals surface area contributed by atoms with Crippen LogP contribution in [-0.4, -0.2) is 21.2 Å². The summed E-state index contributed by atoms with van der Waals surface area (Å²) < 4.78 is 1.75. The fourth-order valence-electron chi connectivity index (χ4n) is 3.27. The van der Waals surface area contributed by atoms with Crippen LogP contribution >= 0.6 is 0 Å². The molecule has 0 atom stereocenters. The van der Waals surface area contributed by atoms with Crippen LogP contribution in [0.25, 0.3) is 11.8 Å². The first-order chi connectivity index (χ1) is 13.3. The number of rotatable bonds is 5. The number of benzene rings is 2. The molecule has 2 heterocycles. The van der Waals surface area contributed by atoms with Crippen molar-refractivity contribution in [2.24, 2.45) is 15.4 Å². The summed E-state index contributed by atoms with van der Waals surface area (Å²) in [6.45, 7) is 0.626. The van der Waals surface area contributed by atoms with Crippen molar-refractivity contribution in [2.75, 3.05) is 4.90 Å². The summed E-state index contributed by atoms with van der Waals surface area (Å²) in [6, 6.07) is 11.6. The van der Waals surface area contributed by atoms with Gasteiger partial charge in [-0.05, 0) is 47.2 Å². The number of aromatic nitrogens is 3. The monoisotopic (exact) mass is 355 g/mol. The van der Waals surface area contributed by atoms with Crippen LogP contribution in [0.4, 0.5) is 11.4 Å². The molecule has 0 N–H and O–H groups in total. The average molecular weight is 355 g/mol. The van der Waals surface area contributed by atoms with Crippen LogP contribution in [0.5, 0.6) is 0 Å². The Morgan fingerprint density at radius 3 is 2.74 bits per heavy atom. The van der Waals surface area contributed by atoms with E-state index in [-0.39, 0.29) is 0 Å². The molecule has 0 bridgehead atoms. The maximum atomic E-state index is 11.9. The highest BCUT2D eigenvalue weighted by Crippen LogP contribution is 2.26. The minimum absolute atomic E-state index is 0.626. The van der Waals surface area contributed by atoms with Gasteiger partial charge in [-0.15, -0.1) is 10.2 Å². The fourth-order valence-corrected chi connectivity index (χ4v) is 3.27. The Hall–Kier alpha value is -3.94. The number of carbonyl (C=O) groups excluding carboxylic acids is 1. The zero-order valence-corrected chi connectivity index (χ0v) is 14.1. The third kappa shape index (κ3) is 2.54. The molecular formula is C19H13N7O. The molecule has 0 unspecified atom stereocenters. The van der Waals surface area contributed by atoms with Crippen LogP contribution in [0.1, 0.15) is 11.1 Å². The topological polar surface area (TPSA) is 88.1 Å². The van der Waals surface area contributed by atoms with Gasteiger partial charge in [-0.3, -0.25) is 9.69 Å². The molecular weight excluding hydrogens is 342 g/mol. The lowest BCUT2D eigenvalue weighted by Crippen LogP contribution is -2.24. The van der Waals surface area contributed by atoms with E-state index in [0.29, 0.717) is 6.54 Å². The Morgan fingerprint density at radius 2 is 1.96 bits per heavy atom. The second-order valence-electron chi connectivity index (χ2n) is 6.14. The van der Waals surface area contributed by atoms with E-state index >= 15 is 0 Å². The molecule has 8 nitrogen and oxygen atoms in total. The fraction of sp³-hybridized carbons (Fsp3) is 0.0526. The highest BCUT2D eigenvalue weighted by molar-refractivity contribution is 5.97. The zero-order valence-electron chi connectivity index (χ0n) is 14.1. The van der Waals surface area contributed by atoms with Gasteiger partial charge in [0, 0.05) is 16.5 Å². The molecule has 2 aromatic carbocycles. The molecule has 1 aliphatic heterocycles. The van der Waals surface area contributed by atoms with Crippen molar-refractivity contribution in [3.8, 4) is 0 Å². The molecule has 130 valence electrons. The van der Waals surface area contributed by atoms with Gasteiger partial charge in [-0.25, -0.2) is 9.67 Å². The molecule has 1 aliphatic carbocycles. The summed E-state index contributed by atoms with van der Waals surface area (Å²) in [5.74, 6) is 0. The van der Waals surface area contributed by atoms with Gasteiger partial charge >= 0.3 is 0 Å². The van der Waals surface area contributed by atoms with E-state index in [1.165, 1.54) is 6.33 Å². The van der Waals surface area contributed by atoms with Gasteiger partial charge in [-0.2, -0.15) is 5.10 Å². The number of carbonyl (C=O) groups is 1. The average Bonchev–Trinajstić information content (AvgIpc) is 3.43. The Labute approximate surface area is 153 Å². The van der Waals surface area contributed by atoms with Crippen LogP contribution in [0.3, 0.4) is 0 Å². The number of nitrogens with zero attached hydrogens (tertiary/aromatic N) is 7. The maximum Gasteiger partial charge on any atom is 0.218 e. The minimum Gasteiger partial charge on any atom is -0.283 e. The molecule has 27 heavy (non-hydrogen) atoms. The third-order valence-corrected chi connectivity index (χ3v) is 4.57. The third-order valence-electron chi connectivity index (χ3n) is 4.57. The van der Waals surface area contributed by atoms with Crippen LogP contribution in [0.2, 0.25) is 0 Å². The first-order valence-corrected chi connectivity index (χ1v) is 8.33. The smallest absolute Gasteiger partial charge is 0.218 e. The second kappa shape index (κ2) is 6.10. The Balaban J connectivity index is 1.52. The number of fused-ring (bicyclic) bond motifs is 3. The van der Waals surface area contributed by atoms with E-state index in [1.54, 1.807) is 15.9 Å². The van der Waals surface area contributed by atoms with Gasteiger partial charge in [0.05, 0.1) is 12.2 Å². The molecule has 5 rings (SSSR count). The van der Waals surface area contributed by atoms with Crippen LogP contribution in [0.15, 0.2) is 70.6 Å². The molecule has 1 aromatic heterocycles.